The number of amides is 1. The summed E-state index contributed by atoms with van der Waals surface area (Å²) in [6.45, 7) is 6.26. The van der Waals surface area contributed by atoms with Crippen molar-refractivity contribution in [3.63, 3.8) is 0 Å². The zero-order valence-corrected chi connectivity index (χ0v) is 13.2. The fourth-order valence-corrected chi connectivity index (χ4v) is 2.19. The molecule has 2 nitrogen and oxygen atoms in total. The van der Waals surface area contributed by atoms with Gasteiger partial charge in [0.1, 0.15) is 0 Å². The second-order valence-corrected chi connectivity index (χ2v) is 7.64. The summed E-state index contributed by atoms with van der Waals surface area (Å²) in [6, 6.07) is 5.33. The number of carbonyl (C=O) groups is 1. The first-order valence-electron chi connectivity index (χ1n) is 5.17. The summed E-state index contributed by atoms with van der Waals surface area (Å²) in [6.07, 6.45) is 0. The molecule has 0 heterocycles. The summed E-state index contributed by atoms with van der Waals surface area (Å²) in [5, 5.41) is 3.47. The number of thioether (sulfide) groups is 1. The number of benzene rings is 1. The van der Waals surface area contributed by atoms with Crippen LogP contribution in [0.4, 0.5) is 5.69 Å². The van der Waals surface area contributed by atoms with Crippen molar-refractivity contribution >= 4 is 50.9 Å². The van der Waals surface area contributed by atoms with Crippen molar-refractivity contribution in [2.75, 3.05) is 11.1 Å². The molecule has 0 unspecified atom stereocenters. The third-order valence-corrected chi connectivity index (χ3v) is 4.33. The van der Waals surface area contributed by atoms with E-state index in [0.717, 1.165) is 10.2 Å². The van der Waals surface area contributed by atoms with Crippen molar-refractivity contribution in [1.82, 2.24) is 0 Å². The maximum Gasteiger partial charge on any atom is 0.234 e. The Kier molecular flexibility index (Phi) is 5.35. The van der Waals surface area contributed by atoms with Gasteiger partial charge in [-0.05, 0) is 34.1 Å². The van der Waals surface area contributed by atoms with Crippen LogP contribution in [0.5, 0.6) is 0 Å². The highest BCUT2D eigenvalue weighted by atomic mass is 79.9. The zero-order valence-electron chi connectivity index (χ0n) is 10.0. The maximum atomic E-state index is 11.7. The summed E-state index contributed by atoms with van der Waals surface area (Å²) in [7, 11) is 0. The Morgan fingerprint density at radius 1 is 1.47 bits per heavy atom. The van der Waals surface area contributed by atoms with Gasteiger partial charge in [0.25, 0.3) is 0 Å². The van der Waals surface area contributed by atoms with E-state index in [1.165, 1.54) is 0 Å². The van der Waals surface area contributed by atoms with Crippen molar-refractivity contribution < 1.29 is 4.79 Å². The van der Waals surface area contributed by atoms with Gasteiger partial charge in [0, 0.05) is 14.9 Å². The Balaban J connectivity index is 2.54. The van der Waals surface area contributed by atoms with Gasteiger partial charge in [0.05, 0.1) is 10.8 Å². The lowest BCUT2D eigenvalue weighted by Crippen LogP contribution is -2.18. The molecule has 0 spiro atoms. The number of anilines is 1. The molecule has 0 radical (unpaired) electrons. The lowest BCUT2D eigenvalue weighted by Gasteiger charge is -2.17. The van der Waals surface area contributed by atoms with Crippen LogP contribution >= 0.6 is 39.3 Å². The highest BCUT2D eigenvalue weighted by molar-refractivity contribution is 9.10. The van der Waals surface area contributed by atoms with Gasteiger partial charge in [-0.3, -0.25) is 4.79 Å². The average molecular weight is 337 g/mol. The van der Waals surface area contributed by atoms with E-state index in [9.17, 15) is 4.79 Å². The van der Waals surface area contributed by atoms with Gasteiger partial charge >= 0.3 is 0 Å². The van der Waals surface area contributed by atoms with Gasteiger partial charge in [-0.1, -0.05) is 32.4 Å². The molecule has 5 heteroatoms. The van der Waals surface area contributed by atoms with E-state index in [1.54, 1.807) is 30.0 Å². The highest BCUT2D eigenvalue weighted by Gasteiger charge is 2.13. The molecule has 1 aromatic rings. The molecule has 17 heavy (non-hydrogen) atoms. The summed E-state index contributed by atoms with van der Waals surface area (Å²) in [4.78, 5) is 11.7. The van der Waals surface area contributed by atoms with Crippen LogP contribution in [-0.4, -0.2) is 16.4 Å². The molecule has 1 N–H and O–H groups in total. The number of carbonyl (C=O) groups excluding carboxylic acids is 1. The van der Waals surface area contributed by atoms with E-state index < -0.39 is 0 Å². The highest BCUT2D eigenvalue weighted by Crippen LogP contribution is 2.26. The van der Waals surface area contributed by atoms with Gasteiger partial charge in [-0.25, -0.2) is 0 Å². The van der Waals surface area contributed by atoms with E-state index in [0.29, 0.717) is 10.8 Å². The first-order chi connectivity index (χ1) is 7.78. The maximum absolute atomic E-state index is 11.7. The normalized spacial score (nSPS) is 11.4. The van der Waals surface area contributed by atoms with E-state index in [-0.39, 0.29) is 10.7 Å². The van der Waals surface area contributed by atoms with Crippen molar-refractivity contribution in [2.45, 2.75) is 25.5 Å². The summed E-state index contributed by atoms with van der Waals surface area (Å²) in [5.41, 5.74) is 0.751. The third-order valence-electron chi connectivity index (χ3n) is 1.84. The lowest BCUT2D eigenvalue weighted by atomic mass is 10.3. The standard InChI is InChI=1S/C12H15BrClNOS/c1-12(2,3)17-7-11(16)15-8-4-5-10(14)9(13)6-8/h4-6H,7H2,1-3H3,(H,15,16). The minimum absolute atomic E-state index is 0.000789. The third kappa shape index (κ3) is 5.80. The zero-order chi connectivity index (χ0) is 13.1. The molecule has 1 rings (SSSR count). The van der Waals surface area contributed by atoms with Crippen LogP contribution in [0.2, 0.25) is 5.02 Å². The quantitative estimate of drug-likeness (QED) is 0.876. The van der Waals surface area contributed by atoms with Crippen molar-refractivity contribution in [3.05, 3.63) is 27.7 Å². The fraction of sp³-hybridized carbons (Fsp3) is 0.417. The van der Waals surface area contributed by atoms with Crippen LogP contribution < -0.4 is 5.32 Å². The number of hydrogen-bond donors (Lipinski definition) is 1. The van der Waals surface area contributed by atoms with Crippen molar-refractivity contribution in [2.24, 2.45) is 0 Å². The Morgan fingerprint density at radius 3 is 2.65 bits per heavy atom. The van der Waals surface area contributed by atoms with Gasteiger partial charge in [-0.2, -0.15) is 0 Å². The topological polar surface area (TPSA) is 29.1 Å². The first kappa shape index (κ1) is 14.9. The Hall–Kier alpha value is -0.190. The van der Waals surface area contributed by atoms with Gasteiger partial charge in [-0.15, -0.1) is 11.8 Å². The second-order valence-electron chi connectivity index (χ2n) is 4.58. The number of nitrogens with one attached hydrogen (secondary N) is 1. The molecule has 0 aliphatic carbocycles. The van der Waals surface area contributed by atoms with Crippen LogP contribution in [0.25, 0.3) is 0 Å². The predicted molar refractivity (Wildman–Crippen MR) is 80.0 cm³/mol. The van der Waals surface area contributed by atoms with E-state index in [4.69, 9.17) is 11.6 Å². The molecule has 0 fully saturated rings. The SMILES string of the molecule is CC(C)(C)SCC(=O)Nc1ccc(Cl)c(Br)c1. The molecule has 1 aromatic carbocycles. The van der Waals surface area contributed by atoms with Crippen LogP contribution in [0.3, 0.4) is 0 Å². The second kappa shape index (κ2) is 6.12. The van der Waals surface area contributed by atoms with Crippen LogP contribution in [0.15, 0.2) is 22.7 Å². The summed E-state index contributed by atoms with van der Waals surface area (Å²) < 4.78 is 0.873. The molecule has 1 amide bonds. The van der Waals surface area contributed by atoms with Gasteiger partial charge < -0.3 is 5.32 Å². The van der Waals surface area contributed by atoms with E-state index >= 15 is 0 Å². The molecule has 0 aliphatic rings. The summed E-state index contributed by atoms with van der Waals surface area (Å²) >= 11 is 10.8. The minimum Gasteiger partial charge on any atom is -0.325 e. The largest absolute Gasteiger partial charge is 0.325 e. The number of rotatable bonds is 3. The molecule has 0 aromatic heterocycles. The Morgan fingerprint density at radius 2 is 2.12 bits per heavy atom. The van der Waals surface area contributed by atoms with Gasteiger partial charge in [0.2, 0.25) is 5.91 Å². The smallest absolute Gasteiger partial charge is 0.234 e. The first-order valence-corrected chi connectivity index (χ1v) is 7.32. The van der Waals surface area contributed by atoms with Gasteiger partial charge in [0.15, 0.2) is 0 Å². The van der Waals surface area contributed by atoms with E-state index in [1.807, 2.05) is 0 Å². The number of halogens is 2. The minimum atomic E-state index is -0.000789. The fourth-order valence-electron chi connectivity index (χ4n) is 1.05. The molecular formula is C12H15BrClNOS. The molecule has 0 bridgehead atoms. The van der Waals surface area contributed by atoms with Crippen LogP contribution in [0.1, 0.15) is 20.8 Å². The predicted octanol–water partition coefficient (Wildman–Crippen LogP) is 4.57. The molecule has 0 aliphatic heterocycles. The average Bonchev–Trinajstić information content (AvgIpc) is 2.20. The molecule has 0 atom stereocenters. The molecule has 94 valence electrons. The van der Waals surface area contributed by atoms with Crippen molar-refractivity contribution in [1.29, 1.82) is 0 Å². The molecule has 0 saturated heterocycles. The van der Waals surface area contributed by atoms with Crippen LogP contribution in [0, 0.1) is 0 Å². The molecular weight excluding hydrogens is 322 g/mol. The van der Waals surface area contributed by atoms with Crippen LogP contribution in [-0.2, 0) is 4.79 Å². The molecule has 0 saturated carbocycles. The van der Waals surface area contributed by atoms with Crippen molar-refractivity contribution in [3.8, 4) is 0 Å². The van der Waals surface area contributed by atoms with E-state index in [2.05, 4.69) is 42.0 Å². The summed E-state index contributed by atoms with van der Waals surface area (Å²) in [5.74, 6) is 0.447. The number of hydrogen-bond acceptors (Lipinski definition) is 2. The Bertz CT molecular complexity index is 417. The monoisotopic (exact) mass is 335 g/mol. The Labute approximate surface area is 120 Å². The lowest BCUT2D eigenvalue weighted by molar-refractivity contribution is -0.113.